The second-order valence-corrected chi connectivity index (χ2v) is 6.39. The second kappa shape index (κ2) is 6.77. The standard InChI is InChI=1S/C17H28N2O/c1-2-14-7-5-8-15(14)18-13-16(17-9-6-12-20-17)19-10-3-4-11-19/h6,9,12,14-16,18H,2-5,7-8,10-11,13H2,1H3. The van der Waals surface area contributed by atoms with Crippen molar-refractivity contribution in [3.8, 4) is 0 Å². The molecule has 2 heterocycles. The highest BCUT2D eigenvalue weighted by molar-refractivity contribution is 5.06. The summed E-state index contributed by atoms with van der Waals surface area (Å²) in [6, 6.07) is 5.30. The summed E-state index contributed by atoms with van der Waals surface area (Å²) in [5, 5.41) is 3.85. The van der Waals surface area contributed by atoms with Crippen LogP contribution in [0.15, 0.2) is 22.8 Å². The van der Waals surface area contributed by atoms with E-state index in [-0.39, 0.29) is 0 Å². The molecule has 3 atom stereocenters. The first-order valence-corrected chi connectivity index (χ1v) is 8.39. The minimum Gasteiger partial charge on any atom is -0.468 e. The van der Waals surface area contributed by atoms with Gasteiger partial charge < -0.3 is 9.73 Å². The van der Waals surface area contributed by atoms with Crippen LogP contribution in [0.2, 0.25) is 0 Å². The SMILES string of the molecule is CCC1CCCC1NCC(c1ccco1)N1CCCC1. The average molecular weight is 276 g/mol. The van der Waals surface area contributed by atoms with Crippen molar-refractivity contribution in [3.63, 3.8) is 0 Å². The Morgan fingerprint density at radius 3 is 2.85 bits per heavy atom. The van der Waals surface area contributed by atoms with E-state index < -0.39 is 0 Å². The van der Waals surface area contributed by atoms with Crippen LogP contribution in [0.3, 0.4) is 0 Å². The molecule has 20 heavy (non-hydrogen) atoms. The Balaban J connectivity index is 1.61. The van der Waals surface area contributed by atoms with Crippen molar-refractivity contribution in [3.05, 3.63) is 24.2 Å². The van der Waals surface area contributed by atoms with E-state index in [1.54, 1.807) is 0 Å². The fraction of sp³-hybridized carbons (Fsp3) is 0.765. The van der Waals surface area contributed by atoms with E-state index in [2.05, 4.69) is 23.2 Å². The van der Waals surface area contributed by atoms with Gasteiger partial charge in [-0.2, -0.15) is 0 Å². The summed E-state index contributed by atoms with van der Waals surface area (Å²) >= 11 is 0. The van der Waals surface area contributed by atoms with Gasteiger partial charge in [-0.15, -0.1) is 0 Å². The Morgan fingerprint density at radius 1 is 1.30 bits per heavy atom. The average Bonchev–Trinajstić information content (AvgIpc) is 3.22. The van der Waals surface area contributed by atoms with Crippen LogP contribution >= 0.6 is 0 Å². The molecule has 1 aromatic heterocycles. The molecule has 0 bridgehead atoms. The molecule has 1 aromatic rings. The maximum atomic E-state index is 5.69. The quantitative estimate of drug-likeness (QED) is 0.861. The Bertz CT molecular complexity index is 384. The van der Waals surface area contributed by atoms with Gasteiger partial charge in [0, 0.05) is 12.6 Å². The van der Waals surface area contributed by atoms with E-state index in [0.717, 1.165) is 24.3 Å². The molecule has 2 fully saturated rings. The van der Waals surface area contributed by atoms with E-state index in [1.807, 2.05) is 12.3 Å². The predicted octanol–water partition coefficient (Wildman–Crippen LogP) is 3.58. The van der Waals surface area contributed by atoms with Gasteiger partial charge in [0.1, 0.15) is 5.76 Å². The van der Waals surface area contributed by atoms with Crippen LogP contribution in [-0.4, -0.2) is 30.6 Å². The Kier molecular flexibility index (Phi) is 4.79. The summed E-state index contributed by atoms with van der Waals surface area (Å²) in [4.78, 5) is 2.59. The number of nitrogens with zero attached hydrogens (tertiary/aromatic N) is 1. The van der Waals surface area contributed by atoms with Gasteiger partial charge in [0.15, 0.2) is 0 Å². The highest BCUT2D eigenvalue weighted by atomic mass is 16.3. The smallest absolute Gasteiger partial charge is 0.122 e. The molecule has 3 unspecified atom stereocenters. The van der Waals surface area contributed by atoms with Gasteiger partial charge >= 0.3 is 0 Å². The van der Waals surface area contributed by atoms with Crippen LogP contribution < -0.4 is 5.32 Å². The molecule has 3 rings (SSSR count). The molecule has 1 aliphatic carbocycles. The lowest BCUT2D eigenvalue weighted by Gasteiger charge is -2.29. The molecule has 0 aromatic carbocycles. The zero-order chi connectivity index (χ0) is 13.8. The predicted molar refractivity (Wildman–Crippen MR) is 81.7 cm³/mol. The molecule has 0 radical (unpaired) electrons. The van der Waals surface area contributed by atoms with Gasteiger partial charge in [0.2, 0.25) is 0 Å². The maximum absolute atomic E-state index is 5.69. The van der Waals surface area contributed by atoms with Crippen LogP contribution in [0.5, 0.6) is 0 Å². The number of rotatable bonds is 6. The van der Waals surface area contributed by atoms with Crippen molar-refractivity contribution < 1.29 is 4.42 Å². The summed E-state index contributed by atoms with van der Waals surface area (Å²) in [6.45, 7) is 5.80. The monoisotopic (exact) mass is 276 g/mol. The van der Waals surface area contributed by atoms with Crippen LogP contribution in [0.4, 0.5) is 0 Å². The summed E-state index contributed by atoms with van der Waals surface area (Å²) < 4.78 is 5.69. The molecule has 0 amide bonds. The lowest BCUT2D eigenvalue weighted by atomic mass is 10.0. The number of furan rings is 1. The summed E-state index contributed by atoms with van der Waals surface area (Å²) in [7, 11) is 0. The first-order valence-electron chi connectivity index (χ1n) is 8.39. The third-order valence-corrected chi connectivity index (χ3v) is 5.21. The Morgan fingerprint density at radius 2 is 2.15 bits per heavy atom. The van der Waals surface area contributed by atoms with Crippen molar-refractivity contribution in [1.82, 2.24) is 10.2 Å². The molecule has 1 saturated carbocycles. The molecule has 3 nitrogen and oxygen atoms in total. The molecule has 112 valence electrons. The van der Waals surface area contributed by atoms with Gasteiger partial charge in [-0.25, -0.2) is 0 Å². The minimum atomic E-state index is 0.422. The molecular formula is C17H28N2O. The highest BCUT2D eigenvalue weighted by Gasteiger charge is 2.29. The van der Waals surface area contributed by atoms with E-state index in [4.69, 9.17) is 4.42 Å². The third-order valence-electron chi connectivity index (χ3n) is 5.21. The zero-order valence-electron chi connectivity index (χ0n) is 12.7. The lowest BCUT2D eigenvalue weighted by Crippen LogP contribution is -2.40. The normalized spacial score (nSPS) is 29.1. The first-order chi connectivity index (χ1) is 9.88. The van der Waals surface area contributed by atoms with Crippen molar-refractivity contribution >= 4 is 0 Å². The van der Waals surface area contributed by atoms with Gasteiger partial charge in [-0.3, -0.25) is 4.90 Å². The number of nitrogens with one attached hydrogen (secondary N) is 1. The summed E-state index contributed by atoms with van der Waals surface area (Å²) in [6.07, 6.45) is 9.93. The van der Waals surface area contributed by atoms with Crippen LogP contribution in [0.25, 0.3) is 0 Å². The van der Waals surface area contributed by atoms with Crippen molar-refractivity contribution in [2.75, 3.05) is 19.6 Å². The molecule has 0 spiro atoms. The fourth-order valence-corrected chi connectivity index (χ4v) is 4.00. The number of hydrogen-bond acceptors (Lipinski definition) is 3. The third kappa shape index (κ3) is 3.09. The molecule has 2 aliphatic rings. The summed E-state index contributed by atoms with van der Waals surface area (Å²) in [5.74, 6) is 2.01. The fourth-order valence-electron chi connectivity index (χ4n) is 4.00. The van der Waals surface area contributed by atoms with E-state index in [1.165, 1.54) is 51.6 Å². The summed E-state index contributed by atoms with van der Waals surface area (Å²) in [5.41, 5.74) is 0. The van der Waals surface area contributed by atoms with E-state index in [9.17, 15) is 0 Å². The molecule has 3 heteroatoms. The largest absolute Gasteiger partial charge is 0.468 e. The minimum absolute atomic E-state index is 0.422. The van der Waals surface area contributed by atoms with Crippen molar-refractivity contribution in [2.24, 2.45) is 5.92 Å². The van der Waals surface area contributed by atoms with Gasteiger partial charge in [0.05, 0.1) is 12.3 Å². The maximum Gasteiger partial charge on any atom is 0.122 e. The van der Waals surface area contributed by atoms with Crippen molar-refractivity contribution in [2.45, 2.75) is 57.5 Å². The van der Waals surface area contributed by atoms with E-state index >= 15 is 0 Å². The lowest BCUT2D eigenvalue weighted by molar-refractivity contribution is 0.200. The topological polar surface area (TPSA) is 28.4 Å². The zero-order valence-corrected chi connectivity index (χ0v) is 12.7. The van der Waals surface area contributed by atoms with Gasteiger partial charge in [-0.05, 0) is 56.8 Å². The molecular weight excluding hydrogens is 248 g/mol. The van der Waals surface area contributed by atoms with Crippen LogP contribution in [0.1, 0.15) is 57.3 Å². The Hall–Kier alpha value is -0.800. The number of hydrogen-bond donors (Lipinski definition) is 1. The molecule has 1 N–H and O–H groups in total. The van der Waals surface area contributed by atoms with E-state index in [0.29, 0.717) is 6.04 Å². The molecule has 1 saturated heterocycles. The second-order valence-electron chi connectivity index (χ2n) is 6.39. The van der Waals surface area contributed by atoms with Crippen LogP contribution in [-0.2, 0) is 0 Å². The first kappa shape index (κ1) is 14.2. The molecule has 1 aliphatic heterocycles. The van der Waals surface area contributed by atoms with Crippen molar-refractivity contribution in [1.29, 1.82) is 0 Å². The van der Waals surface area contributed by atoms with Gasteiger partial charge in [0.25, 0.3) is 0 Å². The number of likely N-dealkylation sites (tertiary alicyclic amines) is 1. The van der Waals surface area contributed by atoms with Gasteiger partial charge in [-0.1, -0.05) is 19.8 Å². The highest BCUT2D eigenvalue weighted by Crippen LogP contribution is 2.30. The van der Waals surface area contributed by atoms with Crippen LogP contribution in [0, 0.1) is 5.92 Å². The Labute approximate surface area is 122 Å².